The van der Waals surface area contributed by atoms with Crippen molar-refractivity contribution in [3.8, 4) is 17.1 Å². The number of nitrogen functional groups attached to an aromatic ring is 1. The zero-order valence-corrected chi connectivity index (χ0v) is 16.9. The molecule has 0 spiro atoms. The van der Waals surface area contributed by atoms with E-state index in [4.69, 9.17) is 15.6 Å². The summed E-state index contributed by atoms with van der Waals surface area (Å²) in [4.78, 5) is 32.1. The van der Waals surface area contributed by atoms with Crippen molar-refractivity contribution in [1.82, 2.24) is 30.2 Å². The van der Waals surface area contributed by atoms with Crippen LogP contribution in [0, 0.1) is 0 Å². The second-order valence-electron chi connectivity index (χ2n) is 7.41. The fourth-order valence-electron chi connectivity index (χ4n) is 3.95. The van der Waals surface area contributed by atoms with Crippen LogP contribution in [-0.2, 0) is 0 Å². The first-order chi connectivity index (χ1) is 15.0. The molecule has 3 heterocycles. The molecule has 3 aromatic rings. The summed E-state index contributed by atoms with van der Waals surface area (Å²) in [5, 5.41) is 18.7. The minimum absolute atomic E-state index is 0.0513. The summed E-state index contributed by atoms with van der Waals surface area (Å²) in [5.74, 6) is 0.356. The topological polar surface area (TPSA) is 157 Å². The number of nitrogens with two attached hydrogens (primary N) is 1. The van der Waals surface area contributed by atoms with E-state index in [2.05, 4.69) is 25.7 Å². The number of carbonyl (C=O) groups excluding carboxylic acids is 1. The summed E-state index contributed by atoms with van der Waals surface area (Å²) in [6.07, 6.45) is 4.63. The highest BCUT2D eigenvalue weighted by Gasteiger charge is 2.26. The maximum Gasteiger partial charge on any atom is 0.404 e. The third-order valence-corrected chi connectivity index (χ3v) is 5.46. The second-order valence-corrected chi connectivity index (χ2v) is 7.41. The Hall–Kier alpha value is -3.89. The maximum atomic E-state index is 13.1. The third kappa shape index (κ3) is 4.20. The normalized spacial score (nSPS) is 18.5. The van der Waals surface area contributed by atoms with Crippen LogP contribution in [0.3, 0.4) is 0 Å². The lowest BCUT2D eigenvalue weighted by Crippen LogP contribution is -2.43. The van der Waals surface area contributed by atoms with Gasteiger partial charge in [-0.25, -0.2) is 19.3 Å². The number of anilines is 1. The Labute approximate surface area is 177 Å². The summed E-state index contributed by atoms with van der Waals surface area (Å²) in [6.45, 7) is 0. The van der Waals surface area contributed by atoms with E-state index in [0.29, 0.717) is 48.3 Å². The van der Waals surface area contributed by atoms with Gasteiger partial charge in [0.25, 0.3) is 5.91 Å². The number of carboxylic acid groups (broad SMARTS) is 1. The Morgan fingerprint density at radius 3 is 2.55 bits per heavy atom. The van der Waals surface area contributed by atoms with Crippen LogP contribution >= 0.6 is 0 Å². The predicted octanol–water partition coefficient (Wildman–Crippen LogP) is 1.69. The minimum atomic E-state index is -1.02. The lowest BCUT2D eigenvalue weighted by atomic mass is 9.91. The summed E-state index contributed by atoms with van der Waals surface area (Å²) in [6, 6.07) is 5.13. The molecule has 11 nitrogen and oxygen atoms in total. The van der Waals surface area contributed by atoms with Gasteiger partial charge in [0.1, 0.15) is 11.8 Å². The summed E-state index contributed by atoms with van der Waals surface area (Å²) in [5.41, 5.74) is 8.30. The van der Waals surface area contributed by atoms with Gasteiger partial charge in [-0.3, -0.25) is 4.79 Å². The maximum absolute atomic E-state index is 13.1. The van der Waals surface area contributed by atoms with E-state index in [0.717, 1.165) is 5.56 Å². The number of nitrogens with one attached hydrogen (secondary N) is 2. The minimum Gasteiger partial charge on any atom is -0.481 e. The number of carbonyl (C=O) groups is 2. The van der Waals surface area contributed by atoms with Crippen LogP contribution in [0.5, 0.6) is 5.88 Å². The van der Waals surface area contributed by atoms with E-state index in [9.17, 15) is 9.59 Å². The first-order valence-electron chi connectivity index (χ1n) is 9.89. The molecule has 0 bridgehead atoms. The lowest BCUT2D eigenvalue weighted by molar-refractivity contribution is 0.0925. The van der Waals surface area contributed by atoms with Crippen molar-refractivity contribution in [3.63, 3.8) is 0 Å². The molecule has 1 saturated carbocycles. The van der Waals surface area contributed by atoms with Crippen LogP contribution in [0.15, 0.2) is 30.7 Å². The molecule has 31 heavy (non-hydrogen) atoms. The van der Waals surface area contributed by atoms with Crippen molar-refractivity contribution < 1.29 is 19.4 Å². The van der Waals surface area contributed by atoms with Crippen molar-refractivity contribution in [2.24, 2.45) is 0 Å². The monoisotopic (exact) mass is 425 g/mol. The van der Waals surface area contributed by atoms with E-state index < -0.39 is 6.09 Å². The highest BCUT2D eigenvalue weighted by Crippen LogP contribution is 2.29. The van der Waals surface area contributed by atoms with Gasteiger partial charge in [0.15, 0.2) is 5.82 Å². The average Bonchev–Trinajstić information content (AvgIpc) is 3.16. The molecule has 3 aromatic heterocycles. The van der Waals surface area contributed by atoms with E-state index >= 15 is 0 Å². The number of hydrogen-bond acceptors (Lipinski definition) is 7. The van der Waals surface area contributed by atoms with Crippen molar-refractivity contribution in [2.75, 3.05) is 12.8 Å². The molecule has 0 atom stereocenters. The van der Waals surface area contributed by atoms with Gasteiger partial charge in [-0.2, -0.15) is 5.10 Å². The standard InChI is InChI=1S/C20H23N7O4/c1-31-16-8-11(6-7-22-16)15-9-14(17-18(21)23-10-24-27(15)17)19(28)25-12-2-4-13(5-3-12)26-20(29)30/h6-10,12-13,26H,2-5H2,1H3,(H,25,28)(H,29,30)(H2,21,23,24)/t12-,13-. The van der Waals surface area contributed by atoms with Crippen molar-refractivity contribution in [3.05, 3.63) is 36.3 Å². The van der Waals surface area contributed by atoms with Crippen LogP contribution in [0.2, 0.25) is 0 Å². The Bertz CT molecular complexity index is 1120. The first-order valence-corrected chi connectivity index (χ1v) is 9.89. The fraction of sp³-hybridized carbons (Fsp3) is 0.350. The molecule has 11 heteroatoms. The molecule has 1 aliphatic rings. The smallest absolute Gasteiger partial charge is 0.404 e. The number of pyridine rings is 1. The van der Waals surface area contributed by atoms with Gasteiger partial charge in [0, 0.05) is 29.9 Å². The molecular formula is C20H23N7O4. The van der Waals surface area contributed by atoms with Crippen LogP contribution in [0.4, 0.5) is 10.6 Å². The molecule has 0 aromatic carbocycles. The van der Waals surface area contributed by atoms with Crippen molar-refractivity contribution in [1.29, 1.82) is 0 Å². The molecule has 4 rings (SSSR count). The number of fused-ring (bicyclic) bond motifs is 1. The predicted molar refractivity (Wildman–Crippen MR) is 112 cm³/mol. The van der Waals surface area contributed by atoms with Gasteiger partial charge in [-0.1, -0.05) is 0 Å². The molecule has 0 aliphatic heterocycles. The highest BCUT2D eigenvalue weighted by molar-refractivity contribution is 6.05. The average molecular weight is 425 g/mol. The van der Waals surface area contributed by atoms with E-state index in [-0.39, 0.29) is 23.8 Å². The second kappa shape index (κ2) is 8.46. The summed E-state index contributed by atoms with van der Waals surface area (Å²) >= 11 is 0. The van der Waals surface area contributed by atoms with E-state index in [1.807, 2.05) is 0 Å². The van der Waals surface area contributed by atoms with Crippen LogP contribution < -0.4 is 21.1 Å². The number of aromatic nitrogens is 4. The molecule has 1 aliphatic carbocycles. The molecule has 0 radical (unpaired) electrons. The zero-order chi connectivity index (χ0) is 22.0. The van der Waals surface area contributed by atoms with Gasteiger partial charge >= 0.3 is 6.09 Å². The number of methoxy groups -OCH3 is 1. The molecule has 162 valence electrons. The summed E-state index contributed by atoms with van der Waals surface area (Å²) in [7, 11) is 1.53. The largest absolute Gasteiger partial charge is 0.481 e. The van der Waals surface area contributed by atoms with Gasteiger partial charge in [-0.15, -0.1) is 0 Å². The number of amides is 2. The molecule has 1 fully saturated rings. The number of nitrogens with zero attached hydrogens (tertiary/aromatic N) is 4. The Morgan fingerprint density at radius 1 is 1.16 bits per heavy atom. The number of rotatable bonds is 5. The quantitative estimate of drug-likeness (QED) is 0.481. The molecular weight excluding hydrogens is 402 g/mol. The Balaban J connectivity index is 1.60. The van der Waals surface area contributed by atoms with Gasteiger partial charge in [-0.05, 0) is 37.8 Å². The highest BCUT2D eigenvalue weighted by atomic mass is 16.5. The van der Waals surface area contributed by atoms with Crippen molar-refractivity contribution >= 4 is 23.3 Å². The Kier molecular flexibility index (Phi) is 5.56. The van der Waals surface area contributed by atoms with Crippen LogP contribution in [0.1, 0.15) is 36.0 Å². The van der Waals surface area contributed by atoms with E-state index in [1.165, 1.54) is 13.4 Å². The molecule has 5 N–H and O–H groups in total. The summed E-state index contributed by atoms with van der Waals surface area (Å²) < 4.78 is 6.78. The van der Waals surface area contributed by atoms with Gasteiger partial charge in [0.2, 0.25) is 5.88 Å². The molecule has 2 amide bonds. The number of ether oxygens (including phenoxy) is 1. The van der Waals surface area contributed by atoms with E-state index in [1.54, 1.807) is 28.9 Å². The zero-order valence-electron chi connectivity index (χ0n) is 16.9. The fourth-order valence-corrected chi connectivity index (χ4v) is 3.95. The molecule has 0 saturated heterocycles. The van der Waals surface area contributed by atoms with Crippen LogP contribution in [-0.4, -0.2) is 55.9 Å². The lowest BCUT2D eigenvalue weighted by Gasteiger charge is -2.28. The van der Waals surface area contributed by atoms with Gasteiger partial charge in [0.05, 0.1) is 18.4 Å². The third-order valence-electron chi connectivity index (χ3n) is 5.46. The number of hydrogen-bond donors (Lipinski definition) is 4. The Morgan fingerprint density at radius 2 is 1.87 bits per heavy atom. The van der Waals surface area contributed by atoms with Crippen LogP contribution in [0.25, 0.3) is 16.8 Å². The van der Waals surface area contributed by atoms with Crippen molar-refractivity contribution in [2.45, 2.75) is 37.8 Å². The molecule has 0 unspecified atom stereocenters. The SMILES string of the molecule is COc1cc(-c2cc(C(=O)N[C@H]3CC[C@H](NC(=O)O)CC3)c3c(N)ncnn23)ccn1. The van der Waals surface area contributed by atoms with Gasteiger partial charge < -0.3 is 26.2 Å². The first kappa shape index (κ1) is 20.4.